The van der Waals surface area contributed by atoms with Crippen LogP contribution in [-0.4, -0.2) is 39.3 Å². The molecule has 5 heteroatoms. The maximum atomic E-state index is 9.00. The van der Waals surface area contributed by atoms with Crippen molar-refractivity contribution in [2.24, 2.45) is 0 Å². The van der Waals surface area contributed by atoms with Gasteiger partial charge in [-0.25, -0.2) is 0 Å². The minimum atomic E-state index is 0.188. The van der Waals surface area contributed by atoms with Crippen molar-refractivity contribution in [2.75, 3.05) is 13.2 Å². The fourth-order valence-electron chi connectivity index (χ4n) is 1.92. The highest BCUT2D eigenvalue weighted by Gasteiger charge is 2.29. The standard InChI is InChI=1S/C12H21N3O2/c1-2-3-4-11-13-12(17-14-11)9-15(7-8-16)10-5-6-10/h10,16H,2-9H2,1H3. The predicted molar refractivity (Wildman–Crippen MR) is 63.4 cm³/mol. The van der Waals surface area contributed by atoms with Crippen molar-refractivity contribution in [3.63, 3.8) is 0 Å². The van der Waals surface area contributed by atoms with Gasteiger partial charge >= 0.3 is 0 Å². The van der Waals surface area contributed by atoms with Crippen molar-refractivity contribution in [2.45, 2.75) is 51.6 Å². The van der Waals surface area contributed by atoms with Gasteiger partial charge in [0.1, 0.15) is 0 Å². The largest absolute Gasteiger partial charge is 0.395 e. The summed E-state index contributed by atoms with van der Waals surface area (Å²) in [6, 6.07) is 0.605. The maximum absolute atomic E-state index is 9.00. The molecule has 1 aliphatic carbocycles. The lowest BCUT2D eigenvalue weighted by Crippen LogP contribution is -2.28. The first kappa shape index (κ1) is 12.5. The molecule has 1 aromatic heterocycles. The van der Waals surface area contributed by atoms with E-state index >= 15 is 0 Å². The van der Waals surface area contributed by atoms with Crippen LogP contribution in [0.15, 0.2) is 4.52 Å². The number of hydrogen-bond donors (Lipinski definition) is 1. The molecule has 0 radical (unpaired) electrons. The fraction of sp³-hybridized carbons (Fsp3) is 0.833. The van der Waals surface area contributed by atoms with Gasteiger partial charge in [0.25, 0.3) is 0 Å². The van der Waals surface area contributed by atoms with E-state index in [4.69, 9.17) is 9.63 Å². The molecule has 0 bridgehead atoms. The quantitative estimate of drug-likeness (QED) is 0.742. The van der Waals surface area contributed by atoms with Crippen molar-refractivity contribution >= 4 is 0 Å². The molecule has 96 valence electrons. The molecular formula is C12H21N3O2. The number of nitrogens with zero attached hydrogens (tertiary/aromatic N) is 3. The molecular weight excluding hydrogens is 218 g/mol. The summed E-state index contributed by atoms with van der Waals surface area (Å²) in [6.07, 6.45) is 5.57. The average molecular weight is 239 g/mol. The van der Waals surface area contributed by atoms with Gasteiger partial charge in [-0.15, -0.1) is 0 Å². The monoisotopic (exact) mass is 239 g/mol. The summed E-state index contributed by atoms with van der Waals surface area (Å²) >= 11 is 0. The van der Waals surface area contributed by atoms with Crippen molar-refractivity contribution in [1.29, 1.82) is 0 Å². The molecule has 0 amide bonds. The van der Waals surface area contributed by atoms with Gasteiger partial charge in [0.15, 0.2) is 5.82 Å². The van der Waals surface area contributed by atoms with Gasteiger partial charge in [0.05, 0.1) is 13.2 Å². The summed E-state index contributed by atoms with van der Waals surface area (Å²) in [5.41, 5.74) is 0. The third-order valence-corrected chi connectivity index (χ3v) is 3.05. The first-order valence-corrected chi connectivity index (χ1v) is 6.50. The van der Waals surface area contributed by atoms with E-state index in [9.17, 15) is 0 Å². The highest BCUT2D eigenvalue weighted by Crippen LogP contribution is 2.27. The van der Waals surface area contributed by atoms with Crippen LogP contribution in [0.1, 0.15) is 44.3 Å². The van der Waals surface area contributed by atoms with Gasteiger partial charge in [0, 0.05) is 19.0 Å². The van der Waals surface area contributed by atoms with Gasteiger partial charge in [0.2, 0.25) is 5.89 Å². The number of aliphatic hydroxyl groups excluding tert-OH is 1. The second-order valence-electron chi connectivity index (χ2n) is 4.63. The Morgan fingerprint density at radius 2 is 2.29 bits per heavy atom. The zero-order chi connectivity index (χ0) is 12.1. The fourth-order valence-corrected chi connectivity index (χ4v) is 1.92. The summed E-state index contributed by atoms with van der Waals surface area (Å²) in [5.74, 6) is 1.48. The van der Waals surface area contributed by atoms with Crippen LogP contribution in [0.4, 0.5) is 0 Å². The van der Waals surface area contributed by atoms with E-state index < -0.39 is 0 Å². The lowest BCUT2D eigenvalue weighted by Gasteiger charge is -2.17. The molecule has 17 heavy (non-hydrogen) atoms. The summed E-state index contributed by atoms with van der Waals surface area (Å²) in [5, 5.41) is 13.0. The minimum absolute atomic E-state index is 0.188. The van der Waals surface area contributed by atoms with Crippen LogP contribution < -0.4 is 0 Å². The molecule has 2 rings (SSSR count). The van der Waals surface area contributed by atoms with E-state index in [1.807, 2.05) is 0 Å². The number of aliphatic hydroxyl groups is 1. The summed E-state index contributed by atoms with van der Waals surface area (Å²) in [7, 11) is 0. The smallest absolute Gasteiger partial charge is 0.240 e. The molecule has 1 aliphatic rings. The zero-order valence-corrected chi connectivity index (χ0v) is 10.4. The summed E-state index contributed by atoms with van der Waals surface area (Å²) in [4.78, 5) is 6.60. The number of aromatic nitrogens is 2. The zero-order valence-electron chi connectivity index (χ0n) is 10.4. The van der Waals surface area contributed by atoms with Crippen LogP contribution in [0.5, 0.6) is 0 Å². The maximum Gasteiger partial charge on any atom is 0.240 e. The van der Waals surface area contributed by atoms with E-state index in [0.717, 1.165) is 25.1 Å². The number of hydrogen-bond acceptors (Lipinski definition) is 5. The molecule has 0 saturated heterocycles. The van der Waals surface area contributed by atoms with Crippen molar-refractivity contribution in [1.82, 2.24) is 15.0 Å². The highest BCUT2D eigenvalue weighted by molar-refractivity contribution is 4.90. The SMILES string of the molecule is CCCCc1noc(CN(CCO)C2CC2)n1. The Morgan fingerprint density at radius 1 is 1.47 bits per heavy atom. The Morgan fingerprint density at radius 3 is 2.94 bits per heavy atom. The highest BCUT2D eigenvalue weighted by atomic mass is 16.5. The van der Waals surface area contributed by atoms with Gasteiger partial charge in [-0.2, -0.15) is 4.98 Å². The minimum Gasteiger partial charge on any atom is -0.395 e. The third-order valence-electron chi connectivity index (χ3n) is 3.05. The van der Waals surface area contributed by atoms with E-state index in [-0.39, 0.29) is 6.61 Å². The number of aryl methyl sites for hydroxylation is 1. The molecule has 1 heterocycles. The van der Waals surface area contributed by atoms with Crippen LogP contribution in [0, 0.1) is 0 Å². The topological polar surface area (TPSA) is 62.4 Å². The van der Waals surface area contributed by atoms with E-state index in [2.05, 4.69) is 22.0 Å². The Bertz CT molecular complexity index is 336. The van der Waals surface area contributed by atoms with Crippen LogP contribution in [-0.2, 0) is 13.0 Å². The van der Waals surface area contributed by atoms with E-state index in [1.165, 1.54) is 12.8 Å². The Hall–Kier alpha value is -0.940. The molecule has 1 N–H and O–H groups in total. The molecule has 0 aliphatic heterocycles. The lowest BCUT2D eigenvalue weighted by atomic mass is 10.2. The van der Waals surface area contributed by atoms with Crippen LogP contribution in [0.25, 0.3) is 0 Å². The molecule has 0 unspecified atom stereocenters. The summed E-state index contributed by atoms with van der Waals surface area (Å²) in [6.45, 7) is 3.70. The molecule has 1 aromatic rings. The summed E-state index contributed by atoms with van der Waals surface area (Å²) < 4.78 is 5.23. The lowest BCUT2D eigenvalue weighted by molar-refractivity contribution is 0.167. The normalized spacial score (nSPS) is 15.7. The van der Waals surface area contributed by atoms with Gasteiger partial charge in [-0.1, -0.05) is 18.5 Å². The van der Waals surface area contributed by atoms with Crippen LogP contribution >= 0.6 is 0 Å². The predicted octanol–water partition coefficient (Wildman–Crippen LogP) is 1.37. The average Bonchev–Trinajstić information content (AvgIpc) is 3.08. The molecule has 0 spiro atoms. The van der Waals surface area contributed by atoms with E-state index in [0.29, 0.717) is 25.0 Å². The van der Waals surface area contributed by atoms with E-state index in [1.54, 1.807) is 0 Å². The van der Waals surface area contributed by atoms with Crippen molar-refractivity contribution in [3.05, 3.63) is 11.7 Å². The molecule has 5 nitrogen and oxygen atoms in total. The first-order valence-electron chi connectivity index (χ1n) is 6.50. The second kappa shape index (κ2) is 6.12. The Labute approximate surface area is 102 Å². The second-order valence-corrected chi connectivity index (χ2v) is 4.63. The Kier molecular flexibility index (Phi) is 4.50. The molecule has 0 atom stereocenters. The number of rotatable bonds is 8. The Balaban J connectivity index is 1.85. The molecule has 0 aromatic carbocycles. The van der Waals surface area contributed by atoms with Gasteiger partial charge < -0.3 is 9.63 Å². The first-order chi connectivity index (χ1) is 8.33. The number of unbranched alkanes of at least 4 members (excludes halogenated alkanes) is 1. The van der Waals surface area contributed by atoms with Crippen molar-refractivity contribution < 1.29 is 9.63 Å². The van der Waals surface area contributed by atoms with Crippen molar-refractivity contribution in [3.8, 4) is 0 Å². The van der Waals surface area contributed by atoms with Crippen LogP contribution in [0.3, 0.4) is 0 Å². The molecule has 1 fully saturated rings. The van der Waals surface area contributed by atoms with Gasteiger partial charge in [-0.3, -0.25) is 4.90 Å². The third kappa shape index (κ3) is 3.78. The van der Waals surface area contributed by atoms with Gasteiger partial charge in [-0.05, 0) is 19.3 Å². The van der Waals surface area contributed by atoms with Crippen LogP contribution in [0.2, 0.25) is 0 Å². The molecule has 1 saturated carbocycles.